The smallest absolute Gasteiger partial charge is 0.166 e. The Morgan fingerprint density at radius 3 is 2.56 bits per heavy atom. The molecule has 18 heavy (non-hydrogen) atoms. The molecule has 0 aromatic heterocycles. The third-order valence-electron chi connectivity index (χ3n) is 2.98. The third-order valence-corrected chi connectivity index (χ3v) is 3.24. The first-order valence-corrected chi connectivity index (χ1v) is 7.30. The summed E-state index contributed by atoms with van der Waals surface area (Å²) in [7, 11) is 1.69. The van der Waals surface area contributed by atoms with Crippen LogP contribution in [0.4, 0.5) is 0 Å². The molecule has 2 N–H and O–H groups in total. The van der Waals surface area contributed by atoms with E-state index in [9.17, 15) is 0 Å². The van der Waals surface area contributed by atoms with E-state index in [4.69, 9.17) is 17.0 Å². The van der Waals surface area contributed by atoms with Crippen LogP contribution in [0, 0.1) is 0 Å². The lowest BCUT2D eigenvalue weighted by atomic mass is 10.2. The van der Waals surface area contributed by atoms with Crippen LogP contribution in [0.3, 0.4) is 0 Å². The minimum Gasteiger partial charge on any atom is -0.383 e. The summed E-state index contributed by atoms with van der Waals surface area (Å²) in [5.74, 6) is 0. The maximum atomic E-state index is 5.20. The summed E-state index contributed by atoms with van der Waals surface area (Å²) in [6, 6.07) is 0.420. The van der Waals surface area contributed by atoms with Crippen molar-refractivity contribution in [3.63, 3.8) is 0 Å². The van der Waals surface area contributed by atoms with Gasteiger partial charge in [0.2, 0.25) is 0 Å². The Balaban J connectivity index is 3.57. The summed E-state index contributed by atoms with van der Waals surface area (Å²) >= 11 is 5.20. The van der Waals surface area contributed by atoms with Crippen LogP contribution in [0.5, 0.6) is 0 Å². The fourth-order valence-corrected chi connectivity index (χ4v) is 2.08. The van der Waals surface area contributed by atoms with Crippen LogP contribution in [0.2, 0.25) is 0 Å². The zero-order valence-electron chi connectivity index (χ0n) is 12.3. The molecule has 0 aliphatic carbocycles. The van der Waals surface area contributed by atoms with Crippen molar-refractivity contribution in [1.82, 2.24) is 15.5 Å². The van der Waals surface area contributed by atoms with Gasteiger partial charge in [-0.3, -0.25) is 0 Å². The third kappa shape index (κ3) is 9.62. The quantitative estimate of drug-likeness (QED) is 0.468. The SMILES string of the molecule is CCN(CC)CCCC(C)NC(=S)NCCOC. The van der Waals surface area contributed by atoms with Gasteiger partial charge in [0.25, 0.3) is 0 Å². The van der Waals surface area contributed by atoms with Crippen molar-refractivity contribution in [2.24, 2.45) is 0 Å². The molecule has 4 nitrogen and oxygen atoms in total. The molecule has 5 heteroatoms. The summed E-state index contributed by atoms with van der Waals surface area (Å²) in [6.07, 6.45) is 2.35. The van der Waals surface area contributed by atoms with E-state index in [-0.39, 0.29) is 0 Å². The van der Waals surface area contributed by atoms with Gasteiger partial charge >= 0.3 is 0 Å². The van der Waals surface area contributed by atoms with Gasteiger partial charge in [-0.05, 0) is 51.6 Å². The predicted octanol–water partition coefficient (Wildman–Crippen LogP) is 1.61. The second kappa shape index (κ2) is 11.7. The monoisotopic (exact) mass is 275 g/mol. The van der Waals surface area contributed by atoms with Crippen molar-refractivity contribution < 1.29 is 4.74 Å². The number of hydrogen-bond acceptors (Lipinski definition) is 3. The van der Waals surface area contributed by atoms with Crippen molar-refractivity contribution in [2.75, 3.05) is 39.9 Å². The summed E-state index contributed by atoms with van der Waals surface area (Å²) in [6.45, 7) is 11.5. The molecule has 0 heterocycles. The molecular weight excluding hydrogens is 246 g/mol. The number of hydrogen-bond donors (Lipinski definition) is 2. The van der Waals surface area contributed by atoms with E-state index < -0.39 is 0 Å². The van der Waals surface area contributed by atoms with Gasteiger partial charge in [-0.15, -0.1) is 0 Å². The van der Waals surface area contributed by atoms with Crippen molar-refractivity contribution in [1.29, 1.82) is 0 Å². The lowest BCUT2D eigenvalue weighted by Crippen LogP contribution is -2.41. The Morgan fingerprint density at radius 1 is 1.33 bits per heavy atom. The predicted molar refractivity (Wildman–Crippen MR) is 82.1 cm³/mol. The maximum Gasteiger partial charge on any atom is 0.166 e. The van der Waals surface area contributed by atoms with Crippen LogP contribution in [0.15, 0.2) is 0 Å². The highest BCUT2D eigenvalue weighted by Gasteiger charge is 2.05. The zero-order valence-corrected chi connectivity index (χ0v) is 13.1. The highest BCUT2D eigenvalue weighted by molar-refractivity contribution is 7.80. The van der Waals surface area contributed by atoms with E-state index in [1.807, 2.05) is 0 Å². The summed E-state index contributed by atoms with van der Waals surface area (Å²) in [5.41, 5.74) is 0. The van der Waals surface area contributed by atoms with E-state index in [0.29, 0.717) is 12.6 Å². The van der Waals surface area contributed by atoms with Gasteiger partial charge in [0, 0.05) is 19.7 Å². The highest BCUT2D eigenvalue weighted by atomic mass is 32.1. The standard InChI is InChI=1S/C13H29N3OS/c1-5-16(6-2)10-7-8-12(3)15-13(18)14-9-11-17-4/h12H,5-11H2,1-4H3,(H2,14,15,18). The van der Waals surface area contributed by atoms with Gasteiger partial charge in [-0.1, -0.05) is 13.8 Å². The van der Waals surface area contributed by atoms with E-state index in [2.05, 4.69) is 36.3 Å². The molecule has 0 fully saturated rings. The molecule has 0 saturated heterocycles. The first-order valence-electron chi connectivity index (χ1n) is 6.89. The van der Waals surface area contributed by atoms with Gasteiger partial charge in [-0.2, -0.15) is 0 Å². The molecule has 0 spiro atoms. The molecule has 0 aromatic carbocycles. The lowest BCUT2D eigenvalue weighted by molar-refractivity contribution is 0.204. The summed E-state index contributed by atoms with van der Waals surface area (Å²) < 4.78 is 4.96. The van der Waals surface area contributed by atoms with Crippen LogP contribution in [0.1, 0.15) is 33.6 Å². The van der Waals surface area contributed by atoms with Gasteiger partial charge in [-0.25, -0.2) is 0 Å². The first-order chi connectivity index (χ1) is 8.63. The lowest BCUT2D eigenvalue weighted by Gasteiger charge is -2.20. The Hall–Kier alpha value is -0.390. The Labute approximate surface area is 117 Å². The topological polar surface area (TPSA) is 36.5 Å². The van der Waals surface area contributed by atoms with Crippen molar-refractivity contribution in [3.8, 4) is 0 Å². The van der Waals surface area contributed by atoms with Gasteiger partial charge < -0.3 is 20.3 Å². The first kappa shape index (κ1) is 17.6. The zero-order chi connectivity index (χ0) is 13.8. The number of nitrogens with zero attached hydrogens (tertiary/aromatic N) is 1. The maximum absolute atomic E-state index is 5.20. The summed E-state index contributed by atoms with van der Waals surface area (Å²) in [5, 5.41) is 7.14. The Morgan fingerprint density at radius 2 is 2.00 bits per heavy atom. The Bertz CT molecular complexity index is 210. The number of methoxy groups -OCH3 is 1. The second-order valence-electron chi connectivity index (χ2n) is 4.46. The number of rotatable bonds is 10. The second-order valence-corrected chi connectivity index (χ2v) is 4.87. The molecule has 0 rings (SSSR count). The molecule has 0 aliphatic rings. The fraction of sp³-hybridized carbons (Fsp3) is 0.923. The average Bonchev–Trinajstić information content (AvgIpc) is 2.35. The van der Waals surface area contributed by atoms with Crippen LogP contribution >= 0.6 is 12.2 Å². The largest absolute Gasteiger partial charge is 0.383 e. The molecule has 0 aliphatic heterocycles. The van der Waals surface area contributed by atoms with Gasteiger partial charge in [0.1, 0.15) is 0 Å². The van der Waals surface area contributed by atoms with Crippen molar-refractivity contribution in [2.45, 2.75) is 39.7 Å². The molecule has 108 valence electrons. The molecule has 1 atom stereocenters. The van der Waals surface area contributed by atoms with E-state index in [1.54, 1.807) is 7.11 Å². The van der Waals surface area contributed by atoms with Crippen molar-refractivity contribution >= 4 is 17.3 Å². The number of ether oxygens (including phenoxy) is 1. The number of thiocarbonyl (C=S) groups is 1. The van der Waals surface area contributed by atoms with Crippen LogP contribution in [0.25, 0.3) is 0 Å². The van der Waals surface area contributed by atoms with E-state index >= 15 is 0 Å². The van der Waals surface area contributed by atoms with Crippen LogP contribution in [-0.4, -0.2) is 55.9 Å². The molecule has 0 amide bonds. The summed E-state index contributed by atoms with van der Waals surface area (Å²) in [4.78, 5) is 2.45. The van der Waals surface area contributed by atoms with Gasteiger partial charge in [0.05, 0.1) is 6.61 Å². The van der Waals surface area contributed by atoms with E-state index in [1.165, 1.54) is 13.0 Å². The van der Waals surface area contributed by atoms with Crippen LogP contribution in [-0.2, 0) is 4.74 Å². The normalized spacial score (nSPS) is 12.5. The molecule has 0 aromatic rings. The van der Waals surface area contributed by atoms with Crippen LogP contribution < -0.4 is 10.6 Å². The molecule has 1 unspecified atom stereocenters. The van der Waals surface area contributed by atoms with E-state index in [0.717, 1.165) is 31.2 Å². The molecule has 0 saturated carbocycles. The van der Waals surface area contributed by atoms with Crippen molar-refractivity contribution in [3.05, 3.63) is 0 Å². The molecular formula is C13H29N3OS. The van der Waals surface area contributed by atoms with Gasteiger partial charge in [0.15, 0.2) is 5.11 Å². The highest BCUT2D eigenvalue weighted by Crippen LogP contribution is 1.99. The minimum absolute atomic E-state index is 0.420. The average molecular weight is 275 g/mol. The number of nitrogens with one attached hydrogen (secondary N) is 2. The fourth-order valence-electron chi connectivity index (χ4n) is 1.77. The minimum atomic E-state index is 0.420. The molecule has 0 bridgehead atoms. The molecule has 0 radical (unpaired) electrons. The Kier molecular flexibility index (Phi) is 11.4.